The second-order valence-corrected chi connectivity index (χ2v) is 8.78. The van der Waals surface area contributed by atoms with Gasteiger partial charge in [0.2, 0.25) is 5.91 Å². The number of fused-ring (bicyclic) bond motifs is 2. The van der Waals surface area contributed by atoms with Crippen LogP contribution in [0.5, 0.6) is 0 Å². The smallest absolute Gasteiger partial charge is 0.324 e. The van der Waals surface area contributed by atoms with Crippen LogP contribution in [0.15, 0.2) is 70.5 Å². The first-order chi connectivity index (χ1) is 15.9. The van der Waals surface area contributed by atoms with Crippen molar-refractivity contribution in [3.8, 4) is 0 Å². The summed E-state index contributed by atoms with van der Waals surface area (Å²) in [5, 5.41) is 4.17. The average molecular weight is 479 g/mol. The molecule has 166 valence electrons. The summed E-state index contributed by atoms with van der Waals surface area (Å²) in [6.07, 6.45) is 0.416. The molecule has 2 N–H and O–H groups in total. The Morgan fingerprint density at radius 2 is 1.73 bits per heavy atom. The Balaban J connectivity index is 1.66. The molecule has 6 nitrogen and oxygen atoms in total. The number of benzene rings is 3. The van der Waals surface area contributed by atoms with Crippen molar-refractivity contribution in [2.45, 2.75) is 25.9 Å². The molecule has 1 aliphatic heterocycles. The highest BCUT2D eigenvalue weighted by Crippen LogP contribution is 2.29. The zero-order valence-corrected chi connectivity index (χ0v) is 19.2. The number of carbonyl (C=O) groups excluding carboxylic acids is 1. The number of benzodiazepines with no additional fused rings is 1. The standard InChI is InChI=1S/C25H20Cl2N4O2/c1-2-31-22-10-5-15(12-20(22)30-25(31)33)23-18-13-17(27)8-9-19(18)29-24(32)21(28-23)11-14-3-6-16(26)7-4-14/h3-10,12-13,21H,2,11H2,1H3,(H,29,32)(H,30,33). The molecule has 1 amide bonds. The van der Waals surface area contributed by atoms with Crippen LogP contribution in [0, 0.1) is 0 Å². The number of aryl methyl sites for hydroxylation is 1. The fourth-order valence-electron chi connectivity index (χ4n) is 4.16. The number of hydrogen-bond donors (Lipinski definition) is 2. The minimum absolute atomic E-state index is 0.159. The van der Waals surface area contributed by atoms with E-state index in [4.69, 9.17) is 28.2 Å². The van der Waals surface area contributed by atoms with Crippen LogP contribution in [-0.4, -0.2) is 27.2 Å². The molecule has 0 saturated heterocycles. The van der Waals surface area contributed by atoms with Crippen LogP contribution in [0.25, 0.3) is 11.0 Å². The molecule has 1 aliphatic rings. The van der Waals surface area contributed by atoms with Crippen LogP contribution >= 0.6 is 23.2 Å². The van der Waals surface area contributed by atoms with Crippen molar-refractivity contribution >= 4 is 51.5 Å². The second kappa shape index (κ2) is 8.54. The molecule has 0 fully saturated rings. The number of imidazole rings is 1. The van der Waals surface area contributed by atoms with Crippen LogP contribution in [-0.2, 0) is 17.8 Å². The van der Waals surface area contributed by atoms with E-state index in [2.05, 4.69) is 10.3 Å². The first-order valence-electron chi connectivity index (χ1n) is 10.6. The van der Waals surface area contributed by atoms with Gasteiger partial charge in [-0.3, -0.25) is 14.4 Å². The minimum Gasteiger partial charge on any atom is -0.324 e. The Morgan fingerprint density at radius 1 is 0.970 bits per heavy atom. The molecule has 3 aromatic carbocycles. The Hall–Kier alpha value is -3.35. The number of H-pyrrole nitrogens is 1. The number of halogens is 2. The van der Waals surface area contributed by atoms with Gasteiger partial charge in [0, 0.05) is 34.1 Å². The molecular weight excluding hydrogens is 459 g/mol. The largest absolute Gasteiger partial charge is 0.326 e. The summed E-state index contributed by atoms with van der Waals surface area (Å²) < 4.78 is 1.67. The molecule has 0 bridgehead atoms. The van der Waals surface area contributed by atoms with Gasteiger partial charge in [-0.05, 0) is 55.0 Å². The first kappa shape index (κ1) is 21.5. The Bertz CT molecular complexity index is 1470. The lowest BCUT2D eigenvalue weighted by molar-refractivity contribution is -0.117. The molecule has 0 aliphatic carbocycles. The lowest BCUT2D eigenvalue weighted by atomic mass is 9.99. The predicted octanol–water partition coefficient (Wildman–Crippen LogP) is 5.06. The second-order valence-electron chi connectivity index (χ2n) is 7.91. The molecule has 8 heteroatoms. The van der Waals surface area contributed by atoms with Gasteiger partial charge < -0.3 is 10.3 Å². The van der Waals surface area contributed by atoms with E-state index in [0.29, 0.717) is 39.9 Å². The van der Waals surface area contributed by atoms with Crippen molar-refractivity contribution in [2.75, 3.05) is 5.32 Å². The SMILES string of the molecule is CCn1c(=O)[nH]c2cc(C3=NC(Cc4ccc(Cl)cc4)C(=O)Nc4ccc(Cl)cc43)ccc21. The topological polar surface area (TPSA) is 79.2 Å². The molecule has 1 atom stereocenters. The molecule has 4 aromatic rings. The molecule has 0 radical (unpaired) electrons. The summed E-state index contributed by atoms with van der Waals surface area (Å²) in [6, 6.07) is 17.8. The number of nitrogens with one attached hydrogen (secondary N) is 2. The average Bonchev–Trinajstić information content (AvgIpc) is 3.05. The van der Waals surface area contributed by atoms with E-state index in [-0.39, 0.29) is 11.6 Å². The first-order valence-corrected chi connectivity index (χ1v) is 11.3. The van der Waals surface area contributed by atoms with Gasteiger partial charge in [0.05, 0.1) is 22.4 Å². The summed E-state index contributed by atoms with van der Waals surface area (Å²) >= 11 is 12.3. The molecule has 1 aromatic heterocycles. The van der Waals surface area contributed by atoms with E-state index in [0.717, 1.165) is 22.2 Å². The van der Waals surface area contributed by atoms with Crippen molar-refractivity contribution in [3.63, 3.8) is 0 Å². The minimum atomic E-state index is -0.651. The van der Waals surface area contributed by atoms with E-state index in [1.165, 1.54) is 0 Å². The van der Waals surface area contributed by atoms with Crippen molar-refractivity contribution in [1.29, 1.82) is 0 Å². The summed E-state index contributed by atoms with van der Waals surface area (Å²) in [5.41, 5.74) is 5.11. The summed E-state index contributed by atoms with van der Waals surface area (Å²) in [6.45, 7) is 2.49. The fourth-order valence-corrected chi connectivity index (χ4v) is 4.46. The zero-order valence-electron chi connectivity index (χ0n) is 17.7. The van der Waals surface area contributed by atoms with Gasteiger partial charge in [0.25, 0.3) is 0 Å². The number of aliphatic imine (C=N–C) groups is 1. The lowest BCUT2D eigenvalue weighted by Gasteiger charge is -2.12. The van der Waals surface area contributed by atoms with Crippen molar-refractivity contribution in [2.24, 2.45) is 4.99 Å². The van der Waals surface area contributed by atoms with Gasteiger partial charge in [-0.15, -0.1) is 0 Å². The number of amides is 1. The zero-order chi connectivity index (χ0) is 23.1. The third kappa shape index (κ3) is 4.08. The number of rotatable bonds is 4. The van der Waals surface area contributed by atoms with Crippen LogP contribution in [0.4, 0.5) is 5.69 Å². The monoisotopic (exact) mass is 478 g/mol. The number of hydrogen-bond acceptors (Lipinski definition) is 3. The Labute approximate surface area is 199 Å². The van der Waals surface area contributed by atoms with Crippen LogP contribution in [0.3, 0.4) is 0 Å². The Kier molecular flexibility index (Phi) is 5.56. The van der Waals surface area contributed by atoms with Gasteiger partial charge in [0.1, 0.15) is 6.04 Å². The normalized spacial score (nSPS) is 15.7. The maximum Gasteiger partial charge on any atom is 0.326 e. The third-order valence-electron chi connectivity index (χ3n) is 5.79. The van der Waals surface area contributed by atoms with Crippen LogP contribution < -0.4 is 11.0 Å². The molecule has 1 unspecified atom stereocenters. The molecule has 2 heterocycles. The van der Waals surface area contributed by atoms with E-state index < -0.39 is 6.04 Å². The number of anilines is 1. The van der Waals surface area contributed by atoms with E-state index in [9.17, 15) is 9.59 Å². The van der Waals surface area contributed by atoms with Gasteiger partial charge in [-0.25, -0.2) is 4.79 Å². The van der Waals surface area contributed by atoms with Crippen molar-refractivity contribution < 1.29 is 4.79 Å². The number of nitrogens with zero attached hydrogens (tertiary/aromatic N) is 2. The quantitative estimate of drug-likeness (QED) is 0.429. The van der Waals surface area contributed by atoms with E-state index >= 15 is 0 Å². The molecular formula is C25H20Cl2N4O2. The van der Waals surface area contributed by atoms with Gasteiger partial charge in [-0.2, -0.15) is 0 Å². The van der Waals surface area contributed by atoms with Gasteiger partial charge in [-0.1, -0.05) is 41.4 Å². The maximum absolute atomic E-state index is 13.1. The van der Waals surface area contributed by atoms with Crippen LogP contribution in [0.1, 0.15) is 23.6 Å². The van der Waals surface area contributed by atoms with Gasteiger partial charge in [0.15, 0.2) is 0 Å². The predicted molar refractivity (Wildman–Crippen MR) is 133 cm³/mol. The third-order valence-corrected chi connectivity index (χ3v) is 6.28. The number of carbonyl (C=O) groups is 1. The number of aromatic nitrogens is 2. The number of aromatic amines is 1. The molecule has 0 saturated carbocycles. The summed E-state index contributed by atoms with van der Waals surface area (Å²) in [5.74, 6) is -0.199. The van der Waals surface area contributed by atoms with Crippen LogP contribution in [0.2, 0.25) is 10.0 Å². The summed E-state index contributed by atoms with van der Waals surface area (Å²) in [7, 11) is 0. The highest BCUT2D eigenvalue weighted by molar-refractivity contribution is 6.32. The van der Waals surface area contributed by atoms with E-state index in [1.54, 1.807) is 34.9 Å². The highest BCUT2D eigenvalue weighted by atomic mass is 35.5. The molecule has 5 rings (SSSR count). The highest BCUT2D eigenvalue weighted by Gasteiger charge is 2.26. The fraction of sp³-hybridized carbons (Fsp3) is 0.160. The van der Waals surface area contributed by atoms with E-state index in [1.807, 2.05) is 37.3 Å². The summed E-state index contributed by atoms with van der Waals surface area (Å²) in [4.78, 5) is 33.2. The molecule has 33 heavy (non-hydrogen) atoms. The van der Waals surface area contributed by atoms with Gasteiger partial charge >= 0.3 is 5.69 Å². The van der Waals surface area contributed by atoms with Crippen molar-refractivity contribution in [3.05, 3.63) is 97.9 Å². The maximum atomic E-state index is 13.1. The molecule has 0 spiro atoms. The van der Waals surface area contributed by atoms with Crippen molar-refractivity contribution in [1.82, 2.24) is 9.55 Å². The lowest BCUT2D eigenvalue weighted by Crippen LogP contribution is -2.27. The Morgan fingerprint density at radius 3 is 2.48 bits per heavy atom.